The van der Waals surface area contributed by atoms with Crippen molar-refractivity contribution in [2.24, 2.45) is 11.3 Å². The molecule has 0 N–H and O–H groups in total. The smallest absolute Gasteiger partial charge is 0.367 e. The van der Waals surface area contributed by atoms with Crippen LogP contribution < -0.4 is 0 Å². The zero-order valence-electron chi connectivity index (χ0n) is 14.5. The van der Waals surface area contributed by atoms with Crippen molar-refractivity contribution >= 4 is 11.8 Å². The lowest BCUT2D eigenvalue weighted by Crippen LogP contribution is -2.40. The van der Waals surface area contributed by atoms with Gasteiger partial charge in [0.05, 0.1) is 11.0 Å². The standard InChI is InChI=1S/C18H22F3NO3/c1-17(2,3)16(24)25-22-10-8-13(9-11-22)15(23)12-4-6-14(7-5-12)18(19,20)21/h4-7,13H,8-11H2,1-3H3. The van der Waals surface area contributed by atoms with Gasteiger partial charge in [0.1, 0.15) is 0 Å². The topological polar surface area (TPSA) is 46.6 Å². The first-order valence-corrected chi connectivity index (χ1v) is 8.17. The molecular formula is C18H22F3NO3. The molecule has 1 aliphatic heterocycles. The second kappa shape index (κ2) is 7.15. The van der Waals surface area contributed by atoms with Crippen molar-refractivity contribution in [1.29, 1.82) is 0 Å². The minimum absolute atomic E-state index is 0.171. The Morgan fingerprint density at radius 1 is 1.04 bits per heavy atom. The molecule has 0 radical (unpaired) electrons. The predicted octanol–water partition coefficient (Wildman–Crippen LogP) is 4.10. The summed E-state index contributed by atoms with van der Waals surface area (Å²) in [4.78, 5) is 29.6. The summed E-state index contributed by atoms with van der Waals surface area (Å²) < 4.78 is 37.7. The molecule has 1 aliphatic rings. The Balaban J connectivity index is 1.92. The molecule has 0 aromatic heterocycles. The van der Waals surface area contributed by atoms with Crippen LogP contribution in [0.15, 0.2) is 24.3 Å². The molecule has 1 aromatic rings. The van der Waals surface area contributed by atoms with Gasteiger partial charge in [0.15, 0.2) is 5.78 Å². The molecule has 1 heterocycles. The number of rotatable bonds is 3. The van der Waals surface area contributed by atoms with E-state index in [1.165, 1.54) is 12.1 Å². The van der Waals surface area contributed by atoms with Crippen LogP contribution in [-0.2, 0) is 15.8 Å². The van der Waals surface area contributed by atoms with E-state index in [1.807, 2.05) is 0 Å². The highest BCUT2D eigenvalue weighted by Gasteiger charge is 2.32. The summed E-state index contributed by atoms with van der Waals surface area (Å²) in [7, 11) is 0. The average molecular weight is 357 g/mol. The minimum atomic E-state index is -4.41. The van der Waals surface area contributed by atoms with Crippen LogP contribution in [0.4, 0.5) is 13.2 Å². The highest BCUT2D eigenvalue weighted by Crippen LogP contribution is 2.30. The van der Waals surface area contributed by atoms with E-state index in [0.717, 1.165) is 12.1 Å². The van der Waals surface area contributed by atoms with Crippen LogP contribution in [-0.4, -0.2) is 29.9 Å². The molecule has 1 aromatic carbocycles. The van der Waals surface area contributed by atoms with Gasteiger partial charge in [0, 0.05) is 24.6 Å². The number of halogens is 3. The van der Waals surface area contributed by atoms with Crippen molar-refractivity contribution in [3.05, 3.63) is 35.4 Å². The van der Waals surface area contributed by atoms with E-state index in [9.17, 15) is 22.8 Å². The third kappa shape index (κ3) is 5.04. The van der Waals surface area contributed by atoms with Crippen molar-refractivity contribution < 1.29 is 27.6 Å². The van der Waals surface area contributed by atoms with Gasteiger partial charge in [-0.3, -0.25) is 4.79 Å². The minimum Gasteiger partial charge on any atom is -0.367 e. The van der Waals surface area contributed by atoms with Gasteiger partial charge in [-0.05, 0) is 45.7 Å². The summed E-state index contributed by atoms with van der Waals surface area (Å²) >= 11 is 0. The van der Waals surface area contributed by atoms with E-state index >= 15 is 0 Å². The zero-order chi connectivity index (χ0) is 18.8. The van der Waals surface area contributed by atoms with Crippen molar-refractivity contribution in [1.82, 2.24) is 5.06 Å². The van der Waals surface area contributed by atoms with Gasteiger partial charge in [0.25, 0.3) is 0 Å². The maximum Gasteiger partial charge on any atom is 0.416 e. The molecule has 0 unspecified atom stereocenters. The molecule has 1 saturated heterocycles. The molecule has 0 atom stereocenters. The van der Waals surface area contributed by atoms with Crippen molar-refractivity contribution in [2.75, 3.05) is 13.1 Å². The summed E-state index contributed by atoms with van der Waals surface area (Å²) in [6.45, 7) is 6.14. The van der Waals surface area contributed by atoms with Crippen molar-refractivity contribution in [3.8, 4) is 0 Å². The summed E-state index contributed by atoms with van der Waals surface area (Å²) in [5.41, 5.74) is -1.10. The maximum atomic E-state index is 12.6. The molecule has 0 saturated carbocycles. The maximum absolute atomic E-state index is 12.6. The van der Waals surface area contributed by atoms with E-state index in [2.05, 4.69) is 0 Å². The van der Waals surface area contributed by atoms with Crippen LogP contribution in [0.5, 0.6) is 0 Å². The summed E-state index contributed by atoms with van der Waals surface area (Å²) in [6.07, 6.45) is -3.42. The molecule has 138 valence electrons. The number of hydrogen-bond donors (Lipinski definition) is 0. The second-order valence-corrected chi connectivity index (χ2v) is 7.27. The molecule has 1 fully saturated rings. The normalized spacial score (nSPS) is 17.4. The lowest BCUT2D eigenvalue weighted by Gasteiger charge is -2.31. The lowest BCUT2D eigenvalue weighted by atomic mass is 9.89. The van der Waals surface area contributed by atoms with Crippen LogP contribution in [0.2, 0.25) is 0 Å². The zero-order valence-corrected chi connectivity index (χ0v) is 14.5. The Morgan fingerprint density at radius 3 is 2.00 bits per heavy atom. The fourth-order valence-electron chi connectivity index (χ4n) is 2.52. The molecule has 0 spiro atoms. The van der Waals surface area contributed by atoms with Gasteiger partial charge in [-0.15, -0.1) is 5.06 Å². The largest absolute Gasteiger partial charge is 0.416 e. The van der Waals surface area contributed by atoms with Gasteiger partial charge in [-0.25, -0.2) is 4.79 Å². The Bertz CT molecular complexity index is 624. The number of piperidine rings is 1. The van der Waals surface area contributed by atoms with E-state index in [1.54, 1.807) is 25.8 Å². The second-order valence-electron chi connectivity index (χ2n) is 7.27. The third-order valence-corrected chi connectivity index (χ3v) is 4.15. The highest BCUT2D eigenvalue weighted by atomic mass is 19.4. The number of benzene rings is 1. The number of hydrogen-bond acceptors (Lipinski definition) is 4. The monoisotopic (exact) mass is 357 g/mol. The Morgan fingerprint density at radius 2 is 1.56 bits per heavy atom. The van der Waals surface area contributed by atoms with Crippen LogP contribution in [0, 0.1) is 11.3 Å². The van der Waals surface area contributed by atoms with E-state index in [4.69, 9.17) is 4.84 Å². The summed E-state index contributed by atoms with van der Waals surface area (Å²) in [5, 5.41) is 1.55. The number of ketones is 1. The van der Waals surface area contributed by atoms with Crippen LogP contribution >= 0.6 is 0 Å². The molecule has 2 rings (SSSR count). The van der Waals surface area contributed by atoms with Gasteiger partial charge in [0.2, 0.25) is 0 Å². The molecular weight excluding hydrogens is 335 g/mol. The van der Waals surface area contributed by atoms with Crippen molar-refractivity contribution in [2.45, 2.75) is 39.8 Å². The molecule has 25 heavy (non-hydrogen) atoms. The van der Waals surface area contributed by atoms with Gasteiger partial charge in [-0.2, -0.15) is 13.2 Å². The first kappa shape index (κ1) is 19.4. The van der Waals surface area contributed by atoms with E-state index < -0.39 is 17.2 Å². The summed E-state index contributed by atoms with van der Waals surface area (Å²) in [5.74, 6) is -0.781. The number of carbonyl (C=O) groups is 2. The number of Topliss-reactive ketones (excluding diaryl/α,β-unsaturated/α-hetero) is 1. The number of alkyl halides is 3. The van der Waals surface area contributed by atoms with Crippen LogP contribution in [0.1, 0.15) is 49.5 Å². The molecule has 0 amide bonds. The SMILES string of the molecule is CC(C)(C)C(=O)ON1CCC(C(=O)c2ccc(C(F)(F)F)cc2)CC1. The molecule has 7 heteroatoms. The number of nitrogens with zero attached hydrogens (tertiary/aromatic N) is 1. The third-order valence-electron chi connectivity index (χ3n) is 4.15. The van der Waals surface area contributed by atoms with Gasteiger partial charge < -0.3 is 4.84 Å². The summed E-state index contributed by atoms with van der Waals surface area (Å²) in [6, 6.07) is 4.29. The number of carbonyl (C=O) groups excluding carboxylic acids is 2. The predicted molar refractivity (Wildman–Crippen MR) is 85.6 cm³/mol. The Labute approximate surface area is 144 Å². The van der Waals surface area contributed by atoms with E-state index in [0.29, 0.717) is 25.9 Å². The Hall–Kier alpha value is -1.89. The first-order valence-electron chi connectivity index (χ1n) is 8.17. The van der Waals surface area contributed by atoms with Gasteiger partial charge in [-0.1, -0.05) is 12.1 Å². The highest BCUT2D eigenvalue weighted by molar-refractivity contribution is 5.97. The first-order chi connectivity index (χ1) is 11.5. The van der Waals surface area contributed by atoms with Crippen LogP contribution in [0.3, 0.4) is 0 Å². The number of hydroxylamine groups is 2. The lowest BCUT2D eigenvalue weighted by molar-refractivity contribution is -0.205. The van der Waals surface area contributed by atoms with Crippen LogP contribution in [0.25, 0.3) is 0 Å². The molecule has 0 bridgehead atoms. The van der Waals surface area contributed by atoms with E-state index in [-0.39, 0.29) is 23.2 Å². The fraction of sp³-hybridized carbons (Fsp3) is 0.556. The van der Waals surface area contributed by atoms with Crippen molar-refractivity contribution in [3.63, 3.8) is 0 Å². The average Bonchev–Trinajstić information content (AvgIpc) is 2.53. The van der Waals surface area contributed by atoms with Gasteiger partial charge >= 0.3 is 12.1 Å². The molecule has 0 aliphatic carbocycles. The molecule has 4 nitrogen and oxygen atoms in total. The quantitative estimate of drug-likeness (QED) is 0.764. The Kier molecular flexibility index (Phi) is 5.56. The fourth-order valence-corrected chi connectivity index (χ4v) is 2.52.